The summed E-state index contributed by atoms with van der Waals surface area (Å²) in [4.78, 5) is 4.19. The van der Waals surface area contributed by atoms with Gasteiger partial charge in [0.2, 0.25) is 0 Å². The Bertz CT molecular complexity index is 553. The van der Waals surface area contributed by atoms with E-state index in [1.54, 1.807) is 12.3 Å². The predicted octanol–water partition coefficient (Wildman–Crippen LogP) is 3.13. The minimum absolute atomic E-state index is 0.578. The number of anilines is 1. The monoisotopic (exact) mass is 237 g/mol. The van der Waals surface area contributed by atoms with Crippen LogP contribution < -0.4 is 5.32 Å². The molecule has 0 bridgehead atoms. The van der Waals surface area contributed by atoms with Gasteiger partial charge in [-0.3, -0.25) is 0 Å². The van der Waals surface area contributed by atoms with Crippen LogP contribution in [0.1, 0.15) is 23.6 Å². The number of nitrogens with zero attached hydrogens (tertiary/aromatic N) is 2. The van der Waals surface area contributed by atoms with Gasteiger partial charge < -0.3 is 5.32 Å². The summed E-state index contributed by atoms with van der Waals surface area (Å²) in [7, 11) is 0. The van der Waals surface area contributed by atoms with Crippen molar-refractivity contribution in [3.8, 4) is 6.07 Å². The molecule has 18 heavy (non-hydrogen) atoms. The van der Waals surface area contributed by atoms with Crippen molar-refractivity contribution in [2.75, 3.05) is 5.32 Å². The Morgan fingerprint density at radius 2 is 1.94 bits per heavy atom. The van der Waals surface area contributed by atoms with Gasteiger partial charge in [0.25, 0.3) is 0 Å². The van der Waals surface area contributed by atoms with Crippen molar-refractivity contribution in [3.63, 3.8) is 0 Å². The van der Waals surface area contributed by atoms with Gasteiger partial charge in [-0.25, -0.2) is 4.98 Å². The molecule has 2 rings (SSSR count). The van der Waals surface area contributed by atoms with Crippen LogP contribution in [0.15, 0.2) is 42.6 Å². The van der Waals surface area contributed by atoms with Crippen LogP contribution in [0.3, 0.4) is 0 Å². The highest BCUT2D eigenvalue weighted by molar-refractivity contribution is 5.40. The second-order valence-electron chi connectivity index (χ2n) is 4.02. The van der Waals surface area contributed by atoms with E-state index in [0.717, 1.165) is 18.8 Å². The van der Waals surface area contributed by atoms with E-state index < -0.39 is 0 Å². The lowest BCUT2D eigenvalue weighted by molar-refractivity contribution is 1.03. The van der Waals surface area contributed by atoms with Gasteiger partial charge in [-0.15, -0.1) is 0 Å². The summed E-state index contributed by atoms with van der Waals surface area (Å²) in [5.74, 6) is 0.792. The Balaban J connectivity index is 2.04. The van der Waals surface area contributed by atoms with Crippen LogP contribution in [0, 0.1) is 11.3 Å². The number of hydrogen-bond donors (Lipinski definition) is 1. The Labute approximate surface area is 107 Å². The van der Waals surface area contributed by atoms with Gasteiger partial charge in [0.15, 0.2) is 0 Å². The van der Waals surface area contributed by atoms with Gasteiger partial charge in [0.1, 0.15) is 11.9 Å². The molecule has 1 aromatic carbocycles. The zero-order chi connectivity index (χ0) is 12.8. The molecule has 3 nitrogen and oxygen atoms in total. The van der Waals surface area contributed by atoms with E-state index in [1.165, 1.54) is 11.1 Å². The lowest BCUT2D eigenvalue weighted by Crippen LogP contribution is -2.03. The maximum atomic E-state index is 8.69. The molecule has 0 aliphatic carbocycles. The van der Waals surface area contributed by atoms with E-state index in [9.17, 15) is 0 Å². The second kappa shape index (κ2) is 5.83. The van der Waals surface area contributed by atoms with Gasteiger partial charge in [0, 0.05) is 12.7 Å². The zero-order valence-corrected chi connectivity index (χ0v) is 10.4. The highest BCUT2D eigenvalue weighted by Crippen LogP contribution is 2.12. The molecule has 0 atom stereocenters. The Morgan fingerprint density at radius 1 is 1.17 bits per heavy atom. The van der Waals surface area contributed by atoms with Crippen molar-refractivity contribution in [1.82, 2.24) is 4.98 Å². The highest BCUT2D eigenvalue weighted by atomic mass is 15.0. The van der Waals surface area contributed by atoms with Crippen LogP contribution in [0.25, 0.3) is 0 Å². The Morgan fingerprint density at radius 3 is 2.56 bits per heavy atom. The fourth-order valence-corrected chi connectivity index (χ4v) is 1.83. The van der Waals surface area contributed by atoms with Crippen LogP contribution in [0.2, 0.25) is 0 Å². The normalized spacial score (nSPS) is 9.78. The summed E-state index contributed by atoms with van der Waals surface area (Å²) in [6.45, 7) is 2.90. The Kier molecular flexibility index (Phi) is 3.93. The summed E-state index contributed by atoms with van der Waals surface area (Å²) in [6, 6.07) is 14.0. The molecular weight excluding hydrogens is 222 g/mol. The molecule has 0 saturated carbocycles. The largest absolute Gasteiger partial charge is 0.366 e. The molecule has 0 amide bonds. The van der Waals surface area contributed by atoms with Gasteiger partial charge in [-0.05, 0) is 29.7 Å². The third kappa shape index (κ3) is 2.86. The van der Waals surface area contributed by atoms with E-state index in [-0.39, 0.29) is 0 Å². The number of aromatic nitrogens is 1. The SMILES string of the molecule is CCc1ccccc1CNc1ccc(C#N)cn1. The first-order valence-electron chi connectivity index (χ1n) is 6.00. The molecule has 1 N–H and O–H groups in total. The van der Waals surface area contributed by atoms with Crippen molar-refractivity contribution in [2.45, 2.75) is 19.9 Å². The molecule has 0 spiro atoms. The average molecular weight is 237 g/mol. The quantitative estimate of drug-likeness (QED) is 0.888. The van der Waals surface area contributed by atoms with E-state index in [4.69, 9.17) is 5.26 Å². The molecule has 90 valence electrons. The van der Waals surface area contributed by atoms with Crippen LogP contribution in [0.4, 0.5) is 5.82 Å². The molecule has 0 radical (unpaired) electrons. The molecule has 1 heterocycles. The summed E-state index contributed by atoms with van der Waals surface area (Å²) < 4.78 is 0. The van der Waals surface area contributed by atoms with Gasteiger partial charge >= 0.3 is 0 Å². The van der Waals surface area contributed by atoms with E-state index >= 15 is 0 Å². The first-order chi connectivity index (χ1) is 8.83. The molecule has 0 fully saturated rings. The maximum Gasteiger partial charge on any atom is 0.126 e. The first kappa shape index (κ1) is 12.1. The highest BCUT2D eigenvalue weighted by Gasteiger charge is 2.00. The smallest absolute Gasteiger partial charge is 0.126 e. The number of nitriles is 1. The first-order valence-corrected chi connectivity index (χ1v) is 6.00. The number of aryl methyl sites for hydroxylation is 1. The molecular formula is C15H15N3. The molecule has 0 aliphatic heterocycles. The van der Waals surface area contributed by atoms with E-state index in [1.807, 2.05) is 12.1 Å². The molecule has 0 saturated heterocycles. The maximum absolute atomic E-state index is 8.69. The van der Waals surface area contributed by atoms with Gasteiger partial charge in [-0.2, -0.15) is 5.26 Å². The van der Waals surface area contributed by atoms with Crippen molar-refractivity contribution < 1.29 is 0 Å². The lowest BCUT2D eigenvalue weighted by Gasteiger charge is -2.09. The zero-order valence-electron chi connectivity index (χ0n) is 10.4. The van der Waals surface area contributed by atoms with E-state index in [2.05, 4.69) is 41.5 Å². The summed E-state index contributed by atoms with van der Waals surface area (Å²) >= 11 is 0. The minimum atomic E-state index is 0.578. The summed E-state index contributed by atoms with van der Waals surface area (Å²) in [5.41, 5.74) is 3.21. The molecule has 0 aliphatic rings. The third-order valence-corrected chi connectivity index (χ3v) is 2.85. The molecule has 2 aromatic rings. The minimum Gasteiger partial charge on any atom is -0.366 e. The van der Waals surface area contributed by atoms with Crippen molar-refractivity contribution in [1.29, 1.82) is 5.26 Å². The van der Waals surface area contributed by atoms with Crippen LogP contribution in [-0.4, -0.2) is 4.98 Å². The molecule has 3 heteroatoms. The summed E-state index contributed by atoms with van der Waals surface area (Å²) in [5, 5.41) is 12.0. The Hall–Kier alpha value is -2.34. The summed E-state index contributed by atoms with van der Waals surface area (Å²) in [6.07, 6.45) is 2.60. The lowest BCUT2D eigenvalue weighted by atomic mass is 10.1. The van der Waals surface area contributed by atoms with Crippen LogP contribution in [-0.2, 0) is 13.0 Å². The van der Waals surface area contributed by atoms with Crippen LogP contribution in [0.5, 0.6) is 0 Å². The average Bonchev–Trinajstić information content (AvgIpc) is 2.46. The standard InChI is InChI=1S/C15H15N3/c1-2-13-5-3-4-6-14(13)11-18-15-8-7-12(9-16)10-17-15/h3-8,10H,2,11H2,1H3,(H,17,18). The predicted molar refractivity (Wildman–Crippen MR) is 72.1 cm³/mol. The number of nitrogens with one attached hydrogen (secondary N) is 1. The molecule has 1 aromatic heterocycles. The van der Waals surface area contributed by atoms with Gasteiger partial charge in [0.05, 0.1) is 5.56 Å². The van der Waals surface area contributed by atoms with Gasteiger partial charge in [-0.1, -0.05) is 31.2 Å². The number of rotatable bonds is 4. The van der Waals surface area contributed by atoms with Crippen molar-refractivity contribution >= 4 is 5.82 Å². The molecule has 0 unspecified atom stereocenters. The van der Waals surface area contributed by atoms with Crippen LogP contribution >= 0.6 is 0 Å². The third-order valence-electron chi connectivity index (χ3n) is 2.85. The topological polar surface area (TPSA) is 48.7 Å². The number of benzene rings is 1. The fraction of sp³-hybridized carbons (Fsp3) is 0.200. The van der Waals surface area contributed by atoms with Crippen molar-refractivity contribution in [3.05, 3.63) is 59.3 Å². The fourth-order valence-electron chi connectivity index (χ4n) is 1.83. The number of hydrogen-bond acceptors (Lipinski definition) is 3. The second-order valence-corrected chi connectivity index (χ2v) is 4.02. The number of pyridine rings is 1. The van der Waals surface area contributed by atoms with Crippen molar-refractivity contribution in [2.24, 2.45) is 0 Å². The van der Waals surface area contributed by atoms with E-state index in [0.29, 0.717) is 5.56 Å².